The molecule has 0 bridgehead atoms. The highest BCUT2D eigenvalue weighted by molar-refractivity contribution is 5.98. The minimum Gasteiger partial charge on any atom is -0.271 e. The Morgan fingerprint density at radius 1 is 1.45 bits per heavy atom. The zero-order chi connectivity index (χ0) is 14.5. The standard InChI is InChI=1S/C14H17N5O/c1-10-7-11(2)19(18-10)9-14(20)17-16-12(3)13-5-4-6-15-8-13/h4-8H,9H2,1-3H3,(H,17,20)/b16-12+. The summed E-state index contributed by atoms with van der Waals surface area (Å²) in [5, 5.41) is 8.30. The van der Waals surface area contributed by atoms with E-state index in [-0.39, 0.29) is 12.5 Å². The van der Waals surface area contributed by atoms with Crippen LogP contribution >= 0.6 is 0 Å². The van der Waals surface area contributed by atoms with Crippen molar-refractivity contribution in [1.82, 2.24) is 20.2 Å². The fourth-order valence-corrected chi connectivity index (χ4v) is 1.79. The summed E-state index contributed by atoms with van der Waals surface area (Å²) in [6.07, 6.45) is 3.39. The Bertz CT molecular complexity index is 630. The van der Waals surface area contributed by atoms with Crippen LogP contribution in [0.1, 0.15) is 23.9 Å². The first kappa shape index (κ1) is 13.9. The highest BCUT2D eigenvalue weighted by Gasteiger charge is 2.06. The van der Waals surface area contributed by atoms with Crippen LogP contribution in [0.15, 0.2) is 35.7 Å². The molecular weight excluding hydrogens is 254 g/mol. The topological polar surface area (TPSA) is 72.2 Å². The quantitative estimate of drug-likeness (QED) is 0.675. The van der Waals surface area contributed by atoms with Crippen LogP contribution in [0.2, 0.25) is 0 Å². The Morgan fingerprint density at radius 3 is 2.85 bits per heavy atom. The molecule has 0 aromatic carbocycles. The molecular formula is C14H17N5O. The van der Waals surface area contributed by atoms with Crippen LogP contribution in [0.3, 0.4) is 0 Å². The number of nitrogens with zero attached hydrogens (tertiary/aromatic N) is 4. The Kier molecular flexibility index (Phi) is 4.24. The van der Waals surface area contributed by atoms with Crippen LogP contribution in [0, 0.1) is 13.8 Å². The van der Waals surface area contributed by atoms with E-state index in [1.54, 1.807) is 17.1 Å². The number of rotatable bonds is 4. The molecule has 0 saturated heterocycles. The first-order valence-corrected chi connectivity index (χ1v) is 6.31. The van der Waals surface area contributed by atoms with E-state index in [4.69, 9.17) is 0 Å². The number of hydrogen-bond donors (Lipinski definition) is 1. The molecule has 1 N–H and O–H groups in total. The largest absolute Gasteiger partial charge is 0.271 e. The second-order valence-corrected chi connectivity index (χ2v) is 4.56. The number of amides is 1. The minimum absolute atomic E-state index is 0.156. The Morgan fingerprint density at radius 2 is 2.25 bits per heavy atom. The third-order valence-electron chi connectivity index (χ3n) is 2.82. The molecule has 0 fully saturated rings. The van der Waals surface area contributed by atoms with Gasteiger partial charge in [-0.25, -0.2) is 5.43 Å². The van der Waals surface area contributed by atoms with Gasteiger partial charge in [0.1, 0.15) is 6.54 Å². The van der Waals surface area contributed by atoms with Gasteiger partial charge in [0, 0.05) is 23.7 Å². The van der Waals surface area contributed by atoms with E-state index >= 15 is 0 Å². The predicted molar refractivity (Wildman–Crippen MR) is 76.3 cm³/mol. The van der Waals surface area contributed by atoms with Crippen molar-refractivity contribution >= 4 is 11.6 Å². The highest BCUT2D eigenvalue weighted by Crippen LogP contribution is 2.01. The van der Waals surface area contributed by atoms with Crippen LogP contribution in [-0.2, 0) is 11.3 Å². The van der Waals surface area contributed by atoms with Crippen molar-refractivity contribution in [2.45, 2.75) is 27.3 Å². The molecule has 0 unspecified atom stereocenters. The van der Waals surface area contributed by atoms with Gasteiger partial charge in [-0.15, -0.1) is 0 Å². The maximum Gasteiger partial charge on any atom is 0.261 e. The van der Waals surface area contributed by atoms with E-state index in [0.717, 1.165) is 17.0 Å². The molecule has 2 rings (SSSR count). The van der Waals surface area contributed by atoms with Crippen molar-refractivity contribution in [3.63, 3.8) is 0 Å². The second-order valence-electron chi connectivity index (χ2n) is 4.56. The Balaban J connectivity index is 1.97. The molecule has 104 valence electrons. The second kappa shape index (κ2) is 6.10. The van der Waals surface area contributed by atoms with Gasteiger partial charge in [-0.3, -0.25) is 14.5 Å². The van der Waals surface area contributed by atoms with Crippen molar-refractivity contribution in [3.05, 3.63) is 47.5 Å². The van der Waals surface area contributed by atoms with Crippen molar-refractivity contribution < 1.29 is 4.79 Å². The minimum atomic E-state index is -0.209. The molecule has 0 aliphatic carbocycles. The predicted octanol–water partition coefficient (Wildman–Crippen LogP) is 1.44. The first-order valence-electron chi connectivity index (χ1n) is 6.31. The molecule has 6 heteroatoms. The van der Waals surface area contributed by atoms with Gasteiger partial charge < -0.3 is 0 Å². The van der Waals surface area contributed by atoms with E-state index in [1.165, 1.54) is 0 Å². The molecule has 0 aliphatic rings. The maximum absolute atomic E-state index is 11.8. The number of pyridine rings is 1. The number of aryl methyl sites for hydroxylation is 2. The van der Waals surface area contributed by atoms with E-state index in [2.05, 4.69) is 20.6 Å². The molecule has 0 radical (unpaired) electrons. The van der Waals surface area contributed by atoms with Crippen molar-refractivity contribution in [1.29, 1.82) is 0 Å². The van der Waals surface area contributed by atoms with Crippen LogP contribution < -0.4 is 5.43 Å². The van der Waals surface area contributed by atoms with Crippen molar-refractivity contribution in [2.24, 2.45) is 5.10 Å². The van der Waals surface area contributed by atoms with E-state index in [9.17, 15) is 4.79 Å². The molecule has 1 amide bonds. The number of aromatic nitrogens is 3. The van der Waals surface area contributed by atoms with Gasteiger partial charge in [0.05, 0.1) is 11.4 Å². The fraction of sp³-hybridized carbons (Fsp3) is 0.286. The molecule has 2 heterocycles. The van der Waals surface area contributed by atoms with Crippen LogP contribution in [0.5, 0.6) is 0 Å². The fourth-order valence-electron chi connectivity index (χ4n) is 1.79. The lowest BCUT2D eigenvalue weighted by molar-refractivity contribution is -0.121. The van der Waals surface area contributed by atoms with Gasteiger partial charge >= 0.3 is 0 Å². The van der Waals surface area contributed by atoms with Crippen molar-refractivity contribution in [2.75, 3.05) is 0 Å². The first-order chi connectivity index (χ1) is 9.56. The lowest BCUT2D eigenvalue weighted by Gasteiger charge is -2.04. The van der Waals surface area contributed by atoms with Gasteiger partial charge in [-0.05, 0) is 32.9 Å². The summed E-state index contributed by atoms with van der Waals surface area (Å²) in [6, 6.07) is 5.64. The molecule has 0 spiro atoms. The average Bonchev–Trinajstić information content (AvgIpc) is 2.75. The number of carbonyl (C=O) groups is 1. The zero-order valence-corrected chi connectivity index (χ0v) is 11.8. The maximum atomic E-state index is 11.8. The van der Waals surface area contributed by atoms with Gasteiger partial charge in [0.15, 0.2) is 0 Å². The number of carbonyl (C=O) groups excluding carboxylic acids is 1. The van der Waals surface area contributed by atoms with Crippen LogP contribution in [0.4, 0.5) is 0 Å². The Hall–Kier alpha value is -2.50. The van der Waals surface area contributed by atoms with E-state index in [1.807, 2.05) is 39.0 Å². The molecule has 2 aromatic heterocycles. The summed E-state index contributed by atoms with van der Waals surface area (Å²) in [6.45, 7) is 5.79. The van der Waals surface area contributed by atoms with Crippen LogP contribution in [-0.4, -0.2) is 26.4 Å². The lowest BCUT2D eigenvalue weighted by Crippen LogP contribution is -2.25. The molecule has 0 saturated carbocycles. The van der Waals surface area contributed by atoms with Gasteiger partial charge in [-0.1, -0.05) is 6.07 Å². The smallest absolute Gasteiger partial charge is 0.261 e. The summed E-state index contributed by atoms with van der Waals surface area (Å²) in [7, 11) is 0. The molecule has 0 aliphatic heterocycles. The van der Waals surface area contributed by atoms with E-state index < -0.39 is 0 Å². The Labute approximate surface area is 117 Å². The highest BCUT2D eigenvalue weighted by atomic mass is 16.2. The third-order valence-corrected chi connectivity index (χ3v) is 2.82. The monoisotopic (exact) mass is 271 g/mol. The summed E-state index contributed by atoms with van der Waals surface area (Å²) in [5.41, 5.74) is 5.95. The lowest BCUT2D eigenvalue weighted by atomic mass is 10.2. The molecule has 2 aromatic rings. The van der Waals surface area contributed by atoms with Gasteiger partial charge in [0.25, 0.3) is 5.91 Å². The van der Waals surface area contributed by atoms with Gasteiger partial charge in [-0.2, -0.15) is 10.2 Å². The van der Waals surface area contributed by atoms with E-state index in [0.29, 0.717) is 5.71 Å². The van der Waals surface area contributed by atoms with Gasteiger partial charge in [0.2, 0.25) is 0 Å². The summed E-state index contributed by atoms with van der Waals surface area (Å²) >= 11 is 0. The third kappa shape index (κ3) is 3.50. The summed E-state index contributed by atoms with van der Waals surface area (Å²) in [5.74, 6) is -0.209. The zero-order valence-electron chi connectivity index (χ0n) is 11.8. The molecule has 6 nitrogen and oxygen atoms in total. The normalized spacial score (nSPS) is 11.4. The summed E-state index contributed by atoms with van der Waals surface area (Å²) in [4.78, 5) is 15.8. The number of hydrazone groups is 1. The summed E-state index contributed by atoms with van der Waals surface area (Å²) < 4.78 is 1.65. The number of nitrogens with one attached hydrogen (secondary N) is 1. The SMILES string of the molecule is C/C(=N\NC(=O)Cn1nc(C)cc1C)c1cccnc1. The number of hydrogen-bond acceptors (Lipinski definition) is 4. The molecule has 20 heavy (non-hydrogen) atoms. The average molecular weight is 271 g/mol. The van der Waals surface area contributed by atoms with Crippen molar-refractivity contribution in [3.8, 4) is 0 Å². The van der Waals surface area contributed by atoms with Crippen LogP contribution in [0.25, 0.3) is 0 Å². The molecule has 0 atom stereocenters.